The van der Waals surface area contributed by atoms with Crippen molar-refractivity contribution in [2.24, 2.45) is 11.8 Å². The summed E-state index contributed by atoms with van der Waals surface area (Å²) in [4.78, 5) is 14.2. The van der Waals surface area contributed by atoms with Crippen LogP contribution in [0.2, 0.25) is 0 Å². The zero-order chi connectivity index (χ0) is 14.6. The zero-order valence-electron chi connectivity index (χ0n) is 11.9. The van der Waals surface area contributed by atoms with Crippen molar-refractivity contribution in [3.05, 3.63) is 34.1 Å². The lowest BCUT2D eigenvalue weighted by atomic mass is 10.1. The fourth-order valence-corrected chi connectivity index (χ4v) is 2.31. The molecule has 1 aromatic rings. The fraction of sp³-hybridized carbons (Fsp3) is 0.533. The smallest absolute Gasteiger partial charge is 0.256 e. The van der Waals surface area contributed by atoms with E-state index < -0.39 is 5.82 Å². The van der Waals surface area contributed by atoms with Crippen molar-refractivity contribution in [3.63, 3.8) is 0 Å². The van der Waals surface area contributed by atoms with Crippen molar-refractivity contribution < 1.29 is 9.18 Å². The summed E-state index contributed by atoms with van der Waals surface area (Å²) in [6, 6.07) is 4.47. The second kappa shape index (κ2) is 7.04. The number of carbonyl (C=O) groups excluding carboxylic acids is 1. The molecule has 1 amide bonds. The Labute approximate surface area is 123 Å². The van der Waals surface area contributed by atoms with E-state index in [0.29, 0.717) is 29.4 Å². The van der Waals surface area contributed by atoms with E-state index in [1.807, 2.05) is 0 Å². The Hall–Kier alpha value is -0.900. The van der Waals surface area contributed by atoms with Crippen LogP contribution < -0.4 is 0 Å². The van der Waals surface area contributed by atoms with Crippen LogP contribution >= 0.6 is 15.9 Å². The van der Waals surface area contributed by atoms with Gasteiger partial charge >= 0.3 is 0 Å². The second-order valence-electron chi connectivity index (χ2n) is 5.62. The maximum absolute atomic E-state index is 13.8. The van der Waals surface area contributed by atoms with E-state index in [9.17, 15) is 9.18 Å². The van der Waals surface area contributed by atoms with Crippen LogP contribution in [-0.4, -0.2) is 23.9 Å². The average Bonchev–Trinajstić information content (AvgIpc) is 2.29. The fourth-order valence-electron chi connectivity index (χ4n) is 1.95. The monoisotopic (exact) mass is 329 g/mol. The van der Waals surface area contributed by atoms with Crippen molar-refractivity contribution >= 4 is 21.8 Å². The number of nitrogens with zero attached hydrogens (tertiary/aromatic N) is 1. The molecular formula is C15H21BrFNO. The first-order valence-corrected chi connectivity index (χ1v) is 7.35. The normalized spacial score (nSPS) is 11.2. The first-order chi connectivity index (χ1) is 8.81. The maximum atomic E-state index is 13.8. The first kappa shape index (κ1) is 16.2. The Bertz CT molecular complexity index is 436. The maximum Gasteiger partial charge on any atom is 0.256 e. The molecule has 0 N–H and O–H groups in total. The first-order valence-electron chi connectivity index (χ1n) is 6.55. The summed E-state index contributed by atoms with van der Waals surface area (Å²) in [5.41, 5.74) is 0.135. The van der Waals surface area contributed by atoms with Gasteiger partial charge in [0.05, 0.1) is 5.56 Å². The van der Waals surface area contributed by atoms with E-state index in [0.717, 1.165) is 0 Å². The van der Waals surface area contributed by atoms with E-state index in [1.165, 1.54) is 6.07 Å². The van der Waals surface area contributed by atoms with Crippen LogP contribution in [0.4, 0.5) is 4.39 Å². The van der Waals surface area contributed by atoms with Crippen LogP contribution in [0, 0.1) is 17.7 Å². The molecule has 2 nitrogen and oxygen atoms in total. The molecular weight excluding hydrogens is 309 g/mol. The molecule has 0 heterocycles. The number of rotatable bonds is 5. The third-order valence-electron chi connectivity index (χ3n) is 2.62. The molecule has 19 heavy (non-hydrogen) atoms. The Morgan fingerprint density at radius 2 is 1.74 bits per heavy atom. The van der Waals surface area contributed by atoms with E-state index in [-0.39, 0.29) is 11.5 Å². The molecule has 0 saturated heterocycles. The number of hydrogen-bond donors (Lipinski definition) is 0. The highest BCUT2D eigenvalue weighted by atomic mass is 79.9. The number of amides is 1. The van der Waals surface area contributed by atoms with Gasteiger partial charge in [-0.15, -0.1) is 0 Å². The van der Waals surface area contributed by atoms with Crippen LogP contribution in [0.1, 0.15) is 38.1 Å². The molecule has 0 saturated carbocycles. The van der Waals surface area contributed by atoms with Crippen LogP contribution in [0.25, 0.3) is 0 Å². The molecule has 0 bridgehead atoms. The summed E-state index contributed by atoms with van der Waals surface area (Å²) in [5, 5.41) is 0. The van der Waals surface area contributed by atoms with E-state index in [4.69, 9.17) is 0 Å². The van der Waals surface area contributed by atoms with Crippen molar-refractivity contribution in [1.29, 1.82) is 0 Å². The molecule has 1 rings (SSSR count). The molecule has 0 aliphatic carbocycles. The van der Waals surface area contributed by atoms with E-state index in [1.54, 1.807) is 17.0 Å². The lowest BCUT2D eigenvalue weighted by molar-refractivity contribution is 0.0710. The molecule has 0 aliphatic heterocycles. The van der Waals surface area contributed by atoms with Crippen LogP contribution in [0.3, 0.4) is 0 Å². The van der Waals surface area contributed by atoms with E-state index in [2.05, 4.69) is 43.6 Å². The van der Waals surface area contributed by atoms with Gasteiger partial charge in [-0.3, -0.25) is 4.79 Å². The summed E-state index contributed by atoms with van der Waals surface area (Å²) < 4.78 is 14.5. The predicted octanol–water partition coefficient (Wildman–Crippen LogP) is 4.34. The minimum atomic E-state index is -0.467. The van der Waals surface area contributed by atoms with Gasteiger partial charge in [-0.2, -0.15) is 0 Å². The van der Waals surface area contributed by atoms with Gasteiger partial charge in [0.2, 0.25) is 0 Å². The standard InChI is InChI=1S/C15H21BrFNO/c1-10(2)8-18(9-11(3)4)15(19)13-7-12(16)5-6-14(13)17/h5-7,10-11H,8-9H2,1-4H3. The van der Waals surface area contributed by atoms with Crippen molar-refractivity contribution in [2.45, 2.75) is 27.7 Å². The summed E-state index contributed by atoms with van der Waals surface area (Å²) in [6.07, 6.45) is 0. The Morgan fingerprint density at radius 3 is 2.21 bits per heavy atom. The zero-order valence-corrected chi connectivity index (χ0v) is 13.5. The summed E-state index contributed by atoms with van der Waals surface area (Å²) in [5.74, 6) is 0.0164. The van der Waals surface area contributed by atoms with Gasteiger partial charge in [0.25, 0.3) is 5.91 Å². The lowest BCUT2D eigenvalue weighted by Gasteiger charge is -2.26. The lowest BCUT2D eigenvalue weighted by Crippen LogP contribution is -2.37. The predicted molar refractivity (Wildman–Crippen MR) is 79.7 cm³/mol. The van der Waals surface area contributed by atoms with Crippen LogP contribution in [0.5, 0.6) is 0 Å². The Morgan fingerprint density at radius 1 is 1.21 bits per heavy atom. The number of halogens is 2. The Balaban J connectivity index is 3.00. The average molecular weight is 330 g/mol. The van der Waals surface area contributed by atoms with Crippen LogP contribution in [0.15, 0.2) is 22.7 Å². The summed E-state index contributed by atoms with van der Waals surface area (Å²) in [6.45, 7) is 9.50. The third kappa shape index (κ3) is 4.94. The highest BCUT2D eigenvalue weighted by Gasteiger charge is 2.21. The molecule has 0 spiro atoms. The van der Waals surface area contributed by atoms with Crippen LogP contribution in [-0.2, 0) is 0 Å². The van der Waals surface area contributed by atoms with Gasteiger partial charge in [0.1, 0.15) is 5.82 Å². The SMILES string of the molecule is CC(C)CN(CC(C)C)C(=O)c1cc(Br)ccc1F. The minimum Gasteiger partial charge on any atom is -0.338 e. The minimum absolute atomic E-state index is 0.135. The highest BCUT2D eigenvalue weighted by molar-refractivity contribution is 9.10. The van der Waals surface area contributed by atoms with Gasteiger partial charge < -0.3 is 4.90 Å². The number of carbonyl (C=O) groups is 1. The largest absolute Gasteiger partial charge is 0.338 e. The molecule has 0 atom stereocenters. The van der Waals surface area contributed by atoms with Crippen molar-refractivity contribution in [3.8, 4) is 0 Å². The molecule has 0 aliphatic rings. The highest BCUT2D eigenvalue weighted by Crippen LogP contribution is 2.18. The summed E-state index contributed by atoms with van der Waals surface area (Å²) >= 11 is 3.28. The summed E-state index contributed by atoms with van der Waals surface area (Å²) in [7, 11) is 0. The molecule has 0 radical (unpaired) electrons. The van der Waals surface area contributed by atoms with Gasteiger partial charge in [-0.25, -0.2) is 4.39 Å². The molecule has 0 aromatic heterocycles. The topological polar surface area (TPSA) is 20.3 Å². The molecule has 106 valence electrons. The Kier molecular flexibility index (Phi) is 5.98. The second-order valence-corrected chi connectivity index (χ2v) is 6.54. The van der Waals surface area contributed by atoms with Crippen molar-refractivity contribution in [2.75, 3.05) is 13.1 Å². The molecule has 1 aromatic carbocycles. The molecule has 0 fully saturated rings. The van der Waals surface area contributed by atoms with Gasteiger partial charge in [0, 0.05) is 17.6 Å². The number of benzene rings is 1. The third-order valence-corrected chi connectivity index (χ3v) is 3.11. The van der Waals surface area contributed by atoms with E-state index >= 15 is 0 Å². The van der Waals surface area contributed by atoms with Gasteiger partial charge in [-0.05, 0) is 30.0 Å². The molecule has 0 unspecified atom stereocenters. The number of hydrogen-bond acceptors (Lipinski definition) is 1. The van der Waals surface area contributed by atoms with Gasteiger partial charge in [-0.1, -0.05) is 43.6 Å². The van der Waals surface area contributed by atoms with Gasteiger partial charge in [0.15, 0.2) is 0 Å². The van der Waals surface area contributed by atoms with Crippen molar-refractivity contribution in [1.82, 2.24) is 4.90 Å². The molecule has 4 heteroatoms. The quantitative estimate of drug-likeness (QED) is 0.786.